The van der Waals surface area contributed by atoms with E-state index in [-0.39, 0.29) is 0 Å². The van der Waals surface area contributed by atoms with Crippen molar-refractivity contribution in [3.05, 3.63) is 0 Å². The Balaban J connectivity index is 1.65. The van der Waals surface area contributed by atoms with Crippen LogP contribution in [0.3, 0.4) is 0 Å². The van der Waals surface area contributed by atoms with Crippen LogP contribution in [0.15, 0.2) is 0 Å². The predicted molar refractivity (Wildman–Crippen MR) is 71.5 cm³/mol. The highest BCUT2D eigenvalue weighted by molar-refractivity contribution is 4.76. The van der Waals surface area contributed by atoms with E-state index in [9.17, 15) is 0 Å². The van der Waals surface area contributed by atoms with Gasteiger partial charge in [-0.1, -0.05) is 71.6 Å². The third kappa shape index (κ3) is 3.50. The lowest BCUT2D eigenvalue weighted by Crippen LogP contribution is -2.21. The fraction of sp³-hybridized carbons (Fsp3) is 1.00. The van der Waals surface area contributed by atoms with Crippen LogP contribution in [-0.2, 0) is 0 Å². The van der Waals surface area contributed by atoms with Gasteiger partial charge in [0, 0.05) is 0 Å². The lowest BCUT2D eigenvalue weighted by molar-refractivity contribution is 0.186. The second-order valence-corrected chi connectivity index (χ2v) is 6.72. The molecule has 94 valence electrons. The molecule has 0 nitrogen and oxygen atoms in total. The average molecular weight is 222 g/mol. The quantitative estimate of drug-likeness (QED) is 0.598. The van der Waals surface area contributed by atoms with Gasteiger partial charge in [-0.2, -0.15) is 0 Å². The zero-order valence-corrected chi connectivity index (χ0v) is 11.4. The van der Waals surface area contributed by atoms with Crippen LogP contribution in [0.2, 0.25) is 0 Å². The smallest absolute Gasteiger partial charge is 0.0411 e. The molecular formula is C16H30. The first-order valence-corrected chi connectivity index (χ1v) is 7.75. The van der Waals surface area contributed by atoms with Crippen LogP contribution < -0.4 is 0 Å². The summed E-state index contributed by atoms with van der Waals surface area (Å²) in [4.78, 5) is 0. The van der Waals surface area contributed by atoms with Crippen molar-refractivity contribution in [1.29, 1.82) is 0 Å². The Labute approximate surface area is 102 Å². The van der Waals surface area contributed by atoms with Gasteiger partial charge in [0.05, 0.1) is 0 Å². The van der Waals surface area contributed by atoms with Gasteiger partial charge in [-0.25, -0.2) is 0 Å². The summed E-state index contributed by atoms with van der Waals surface area (Å²) in [5, 5.41) is 0. The molecule has 16 heavy (non-hydrogen) atoms. The maximum atomic E-state index is 2.47. The van der Waals surface area contributed by atoms with Gasteiger partial charge < -0.3 is 0 Å². The largest absolute Gasteiger partial charge is 0.0623 e. The summed E-state index contributed by atoms with van der Waals surface area (Å²) >= 11 is 0. The lowest BCUT2D eigenvalue weighted by atomic mass is 9.73. The molecule has 0 radical (unpaired) electrons. The molecule has 2 aliphatic carbocycles. The maximum Gasteiger partial charge on any atom is -0.0411 e. The van der Waals surface area contributed by atoms with E-state index in [0.29, 0.717) is 0 Å². The van der Waals surface area contributed by atoms with Crippen molar-refractivity contribution in [3.8, 4) is 0 Å². The van der Waals surface area contributed by atoms with Gasteiger partial charge in [0.15, 0.2) is 0 Å². The Morgan fingerprint density at radius 3 is 2.06 bits per heavy atom. The van der Waals surface area contributed by atoms with E-state index in [1.807, 2.05) is 0 Å². The summed E-state index contributed by atoms with van der Waals surface area (Å²) in [5.41, 5.74) is 0. The molecule has 2 aliphatic rings. The first kappa shape index (κ1) is 12.5. The molecule has 0 amide bonds. The van der Waals surface area contributed by atoms with Crippen molar-refractivity contribution in [2.75, 3.05) is 0 Å². The summed E-state index contributed by atoms with van der Waals surface area (Å²) in [6, 6.07) is 0. The summed E-state index contributed by atoms with van der Waals surface area (Å²) in [7, 11) is 0. The van der Waals surface area contributed by atoms with Crippen LogP contribution in [0.5, 0.6) is 0 Å². The maximum absolute atomic E-state index is 2.47. The summed E-state index contributed by atoms with van der Waals surface area (Å²) in [6.07, 6.45) is 15.3. The van der Waals surface area contributed by atoms with Crippen molar-refractivity contribution in [2.24, 2.45) is 23.7 Å². The normalized spacial score (nSPS) is 37.5. The Morgan fingerprint density at radius 1 is 0.688 bits per heavy atom. The molecule has 0 aliphatic heterocycles. The Kier molecular flexibility index (Phi) is 4.73. The van der Waals surface area contributed by atoms with E-state index < -0.39 is 0 Å². The predicted octanol–water partition coefficient (Wildman–Crippen LogP) is 5.42. The van der Waals surface area contributed by atoms with Crippen LogP contribution in [0.4, 0.5) is 0 Å². The molecule has 0 aromatic heterocycles. The van der Waals surface area contributed by atoms with E-state index in [2.05, 4.69) is 13.8 Å². The van der Waals surface area contributed by atoms with Crippen molar-refractivity contribution in [2.45, 2.75) is 78.1 Å². The standard InChI is InChI=1S/C16H30/c1-13-8-9-16(12-14(13)2)11-10-15-6-4-3-5-7-15/h13-16H,3-12H2,1-2H3. The highest BCUT2D eigenvalue weighted by atomic mass is 14.3. The zero-order chi connectivity index (χ0) is 11.4. The van der Waals surface area contributed by atoms with E-state index in [0.717, 1.165) is 23.7 Å². The fourth-order valence-electron chi connectivity index (χ4n) is 3.87. The molecule has 0 saturated heterocycles. The molecule has 0 aromatic rings. The minimum atomic E-state index is 0.991. The van der Waals surface area contributed by atoms with Gasteiger partial charge in [0.2, 0.25) is 0 Å². The topological polar surface area (TPSA) is 0 Å². The molecule has 0 aromatic carbocycles. The molecule has 2 fully saturated rings. The van der Waals surface area contributed by atoms with E-state index in [4.69, 9.17) is 0 Å². The Bertz CT molecular complexity index is 190. The lowest BCUT2D eigenvalue weighted by Gasteiger charge is -2.33. The van der Waals surface area contributed by atoms with Gasteiger partial charge in [-0.15, -0.1) is 0 Å². The highest BCUT2D eigenvalue weighted by Crippen LogP contribution is 2.37. The minimum Gasteiger partial charge on any atom is -0.0623 e. The molecule has 0 heterocycles. The van der Waals surface area contributed by atoms with Gasteiger partial charge in [0.1, 0.15) is 0 Å². The minimum absolute atomic E-state index is 0.991. The van der Waals surface area contributed by atoms with Crippen LogP contribution in [-0.4, -0.2) is 0 Å². The first-order valence-electron chi connectivity index (χ1n) is 7.75. The Hall–Kier alpha value is 0. The van der Waals surface area contributed by atoms with Crippen LogP contribution in [0, 0.1) is 23.7 Å². The molecule has 0 spiro atoms. The number of hydrogen-bond donors (Lipinski definition) is 0. The van der Waals surface area contributed by atoms with Crippen molar-refractivity contribution < 1.29 is 0 Å². The summed E-state index contributed by atoms with van der Waals surface area (Å²) < 4.78 is 0. The first-order chi connectivity index (χ1) is 7.75. The third-order valence-electron chi connectivity index (χ3n) is 5.41. The fourth-order valence-corrected chi connectivity index (χ4v) is 3.87. The SMILES string of the molecule is CC1CCC(CCC2CCCCC2)CC1C. The van der Waals surface area contributed by atoms with Gasteiger partial charge in [-0.05, 0) is 30.1 Å². The third-order valence-corrected chi connectivity index (χ3v) is 5.41. The monoisotopic (exact) mass is 222 g/mol. The molecule has 3 unspecified atom stereocenters. The number of hydrogen-bond acceptors (Lipinski definition) is 0. The second-order valence-electron chi connectivity index (χ2n) is 6.72. The second kappa shape index (κ2) is 6.07. The molecule has 3 atom stereocenters. The molecule has 0 heteroatoms. The van der Waals surface area contributed by atoms with Crippen LogP contribution in [0.1, 0.15) is 78.1 Å². The Morgan fingerprint density at radius 2 is 1.38 bits per heavy atom. The molecule has 0 N–H and O–H groups in total. The van der Waals surface area contributed by atoms with Crippen LogP contribution >= 0.6 is 0 Å². The van der Waals surface area contributed by atoms with Crippen molar-refractivity contribution >= 4 is 0 Å². The van der Waals surface area contributed by atoms with Gasteiger partial charge in [-0.3, -0.25) is 0 Å². The van der Waals surface area contributed by atoms with Crippen molar-refractivity contribution in [1.82, 2.24) is 0 Å². The van der Waals surface area contributed by atoms with E-state index in [1.54, 1.807) is 25.7 Å². The van der Waals surface area contributed by atoms with E-state index >= 15 is 0 Å². The van der Waals surface area contributed by atoms with E-state index in [1.165, 1.54) is 38.5 Å². The molecular weight excluding hydrogens is 192 g/mol. The number of rotatable bonds is 3. The molecule has 2 rings (SSSR count). The average Bonchev–Trinajstić information content (AvgIpc) is 2.32. The molecule has 2 saturated carbocycles. The van der Waals surface area contributed by atoms with Gasteiger partial charge >= 0.3 is 0 Å². The summed E-state index contributed by atoms with van der Waals surface area (Å²) in [5.74, 6) is 4.16. The van der Waals surface area contributed by atoms with Gasteiger partial charge in [0.25, 0.3) is 0 Å². The van der Waals surface area contributed by atoms with Crippen molar-refractivity contribution in [3.63, 3.8) is 0 Å². The highest BCUT2D eigenvalue weighted by Gasteiger charge is 2.25. The molecule has 0 bridgehead atoms. The summed E-state index contributed by atoms with van der Waals surface area (Å²) in [6.45, 7) is 4.92. The van der Waals surface area contributed by atoms with Crippen LogP contribution in [0.25, 0.3) is 0 Å². The zero-order valence-electron chi connectivity index (χ0n) is 11.4.